The van der Waals surface area contributed by atoms with Gasteiger partial charge in [-0.15, -0.1) is 11.3 Å². The third kappa shape index (κ3) is 3.81. The van der Waals surface area contributed by atoms with Gasteiger partial charge in [0.1, 0.15) is 0 Å². The van der Waals surface area contributed by atoms with Crippen molar-refractivity contribution in [3.05, 3.63) is 50.1 Å². The van der Waals surface area contributed by atoms with Gasteiger partial charge in [0, 0.05) is 18.7 Å². The largest absolute Gasteiger partial charge is 0.311 e. The summed E-state index contributed by atoms with van der Waals surface area (Å²) in [6.45, 7) is 4.25. The summed E-state index contributed by atoms with van der Waals surface area (Å²) in [5.41, 5.74) is 7.78. The molecule has 26 heavy (non-hydrogen) atoms. The summed E-state index contributed by atoms with van der Waals surface area (Å²) in [5, 5.41) is 0. The fourth-order valence-electron chi connectivity index (χ4n) is 2.86. The quantitative estimate of drug-likeness (QED) is 0.727. The van der Waals surface area contributed by atoms with E-state index < -0.39 is 5.92 Å². The lowest BCUT2D eigenvalue weighted by molar-refractivity contribution is -0.126. The molecule has 6 nitrogen and oxygen atoms in total. The van der Waals surface area contributed by atoms with Crippen LogP contribution < -0.4 is 15.8 Å². The summed E-state index contributed by atoms with van der Waals surface area (Å²) in [4.78, 5) is 38.8. The molecule has 1 saturated heterocycles. The van der Waals surface area contributed by atoms with Crippen LogP contribution >= 0.6 is 27.3 Å². The number of nitrogens with one attached hydrogen (secondary N) is 2. The summed E-state index contributed by atoms with van der Waals surface area (Å²) in [6, 6.07) is 9.20. The van der Waals surface area contributed by atoms with Crippen molar-refractivity contribution in [2.75, 3.05) is 11.4 Å². The zero-order valence-electron chi connectivity index (χ0n) is 14.3. The number of hydrogen-bond donors (Lipinski definition) is 2. The molecule has 3 amide bonds. The Morgan fingerprint density at radius 1 is 1.19 bits per heavy atom. The molecule has 1 aromatic carbocycles. The SMILES string of the molecule is Cc1cccc(N2CC(C(=O)NNC(=O)c3ccc(Br)s3)CC2=O)c1C. The highest BCUT2D eigenvalue weighted by Gasteiger charge is 2.36. The monoisotopic (exact) mass is 435 g/mol. The molecule has 0 saturated carbocycles. The van der Waals surface area contributed by atoms with Crippen LogP contribution in [-0.2, 0) is 9.59 Å². The molecule has 0 aliphatic carbocycles. The first-order chi connectivity index (χ1) is 12.4. The van der Waals surface area contributed by atoms with Crippen molar-refractivity contribution in [1.82, 2.24) is 10.9 Å². The second kappa shape index (κ2) is 7.59. The van der Waals surface area contributed by atoms with Crippen molar-refractivity contribution >= 4 is 50.7 Å². The van der Waals surface area contributed by atoms with E-state index in [2.05, 4.69) is 26.8 Å². The summed E-state index contributed by atoms with van der Waals surface area (Å²) < 4.78 is 0.833. The van der Waals surface area contributed by atoms with E-state index in [0.717, 1.165) is 20.6 Å². The molecule has 1 aliphatic rings. The highest BCUT2D eigenvalue weighted by molar-refractivity contribution is 9.11. The van der Waals surface area contributed by atoms with E-state index in [0.29, 0.717) is 11.4 Å². The Kier molecular flexibility index (Phi) is 5.43. The molecule has 1 atom stereocenters. The van der Waals surface area contributed by atoms with E-state index in [9.17, 15) is 14.4 Å². The first kappa shape index (κ1) is 18.6. The number of amides is 3. The van der Waals surface area contributed by atoms with Crippen LogP contribution in [0.3, 0.4) is 0 Å². The molecular formula is C18H18BrN3O3S. The number of thiophene rings is 1. The van der Waals surface area contributed by atoms with Gasteiger partial charge in [-0.1, -0.05) is 12.1 Å². The van der Waals surface area contributed by atoms with Crippen LogP contribution in [0, 0.1) is 19.8 Å². The molecule has 1 aliphatic heterocycles. The minimum atomic E-state index is -0.502. The Labute approximate surface area is 163 Å². The molecule has 2 heterocycles. The second-order valence-corrected chi connectivity index (χ2v) is 8.63. The molecule has 0 spiro atoms. The number of carbonyl (C=O) groups is 3. The van der Waals surface area contributed by atoms with Crippen LogP contribution in [0.1, 0.15) is 27.2 Å². The number of nitrogens with zero attached hydrogens (tertiary/aromatic N) is 1. The fourth-order valence-corrected chi connectivity index (χ4v) is 4.14. The molecule has 2 aromatic rings. The van der Waals surface area contributed by atoms with Crippen molar-refractivity contribution in [3.63, 3.8) is 0 Å². The van der Waals surface area contributed by atoms with Gasteiger partial charge in [0.2, 0.25) is 11.8 Å². The van der Waals surface area contributed by atoms with Crippen LogP contribution in [0.2, 0.25) is 0 Å². The molecule has 1 aromatic heterocycles. The van der Waals surface area contributed by atoms with E-state index in [1.165, 1.54) is 11.3 Å². The van der Waals surface area contributed by atoms with Gasteiger partial charge in [0.05, 0.1) is 14.6 Å². The zero-order chi connectivity index (χ0) is 18.8. The predicted molar refractivity (Wildman–Crippen MR) is 104 cm³/mol. The van der Waals surface area contributed by atoms with E-state index in [-0.39, 0.29) is 24.1 Å². The van der Waals surface area contributed by atoms with Gasteiger partial charge in [-0.05, 0) is 59.1 Å². The van der Waals surface area contributed by atoms with Gasteiger partial charge in [-0.25, -0.2) is 0 Å². The van der Waals surface area contributed by atoms with Crippen molar-refractivity contribution in [1.29, 1.82) is 0 Å². The number of anilines is 1. The molecular weight excluding hydrogens is 418 g/mol. The van der Waals surface area contributed by atoms with Gasteiger partial charge < -0.3 is 4.90 Å². The van der Waals surface area contributed by atoms with Gasteiger partial charge in [0.25, 0.3) is 5.91 Å². The third-order valence-corrected chi connectivity index (χ3v) is 6.08. The summed E-state index contributed by atoms with van der Waals surface area (Å²) in [7, 11) is 0. The Bertz CT molecular complexity index is 880. The number of rotatable bonds is 3. The van der Waals surface area contributed by atoms with Crippen LogP contribution in [0.25, 0.3) is 0 Å². The summed E-state index contributed by atoms with van der Waals surface area (Å²) >= 11 is 4.56. The van der Waals surface area contributed by atoms with Crippen molar-refractivity contribution < 1.29 is 14.4 Å². The number of hydrogen-bond acceptors (Lipinski definition) is 4. The average molecular weight is 436 g/mol. The normalized spacial score (nSPS) is 16.7. The molecule has 136 valence electrons. The molecule has 0 bridgehead atoms. The van der Waals surface area contributed by atoms with Crippen LogP contribution in [0.5, 0.6) is 0 Å². The number of hydrazine groups is 1. The zero-order valence-corrected chi connectivity index (χ0v) is 16.7. The first-order valence-electron chi connectivity index (χ1n) is 8.09. The van der Waals surface area contributed by atoms with E-state index >= 15 is 0 Å². The molecule has 8 heteroatoms. The number of benzene rings is 1. The third-order valence-electron chi connectivity index (χ3n) is 4.46. The van der Waals surface area contributed by atoms with Crippen molar-refractivity contribution in [2.45, 2.75) is 20.3 Å². The summed E-state index contributed by atoms with van der Waals surface area (Å²) in [5.74, 6) is -1.34. The highest BCUT2D eigenvalue weighted by atomic mass is 79.9. The minimum Gasteiger partial charge on any atom is -0.311 e. The van der Waals surface area contributed by atoms with Crippen molar-refractivity contribution in [2.24, 2.45) is 5.92 Å². The maximum atomic E-state index is 12.4. The topological polar surface area (TPSA) is 78.5 Å². The maximum absolute atomic E-state index is 12.4. The van der Waals surface area contributed by atoms with E-state index in [1.807, 2.05) is 32.0 Å². The molecule has 0 radical (unpaired) electrons. The minimum absolute atomic E-state index is 0.0904. The predicted octanol–water partition coefficient (Wildman–Crippen LogP) is 2.94. The lowest BCUT2D eigenvalue weighted by Crippen LogP contribution is -2.45. The smallest absolute Gasteiger partial charge is 0.279 e. The number of halogens is 1. The number of carbonyl (C=O) groups excluding carboxylic acids is 3. The van der Waals surface area contributed by atoms with Gasteiger partial charge in [-0.2, -0.15) is 0 Å². The Morgan fingerprint density at radius 3 is 2.65 bits per heavy atom. The second-order valence-electron chi connectivity index (χ2n) is 6.17. The van der Waals surface area contributed by atoms with Gasteiger partial charge in [-0.3, -0.25) is 25.2 Å². The molecule has 3 rings (SSSR count). The molecule has 2 N–H and O–H groups in total. The van der Waals surface area contributed by atoms with Crippen LogP contribution in [-0.4, -0.2) is 24.3 Å². The first-order valence-corrected chi connectivity index (χ1v) is 9.70. The fraction of sp³-hybridized carbons (Fsp3) is 0.278. The lowest BCUT2D eigenvalue weighted by atomic mass is 10.1. The standard InChI is InChI=1S/C18H18BrN3O3S/c1-10-4-3-5-13(11(10)2)22-9-12(8-16(22)23)17(24)20-21-18(25)14-6-7-15(19)26-14/h3-7,12H,8-9H2,1-2H3,(H,20,24)(H,21,25). The van der Waals surface area contributed by atoms with Crippen molar-refractivity contribution in [3.8, 4) is 0 Å². The van der Waals surface area contributed by atoms with Crippen LogP contribution in [0.4, 0.5) is 5.69 Å². The van der Waals surface area contributed by atoms with Crippen LogP contribution in [0.15, 0.2) is 34.1 Å². The maximum Gasteiger partial charge on any atom is 0.279 e. The lowest BCUT2D eigenvalue weighted by Gasteiger charge is -2.20. The van der Waals surface area contributed by atoms with E-state index in [4.69, 9.17) is 0 Å². The molecule has 1 fully saturated rings. The molecule has 1 unspecified atom stereocenters. The number of aryl methyl sites for hydroxylation is 1. The Hall–Kier alpha value is -2.19. The highest BCUT2D eigenvalue weighted by Crippen LogP contribution is 2.29. The average Bonchev–Trinajstić information content (AvgIpc) is 3.21. The Morgan fingerprint density at radius 2 is 1.96 bits per heavy atom. The van der Waals surface area contributed by atoms with Gasteiger partial charge >= 0.3 is 0 Å². The van der Waals surface area contributed by atoms with E-state index in [1.54, 1.807) is 17.0 Å². The van der Waals surface area contributed by atoms with Gasteiger partial charge in [0.15, 0.2) is 0 Å². The Balaban J connectivity index is 1.62. The summed E-state index contributed by atoms with van der Waals surface area (Å²) in [6.07, 6.45) is 0.125.